The SMILES string of the molecule is CC(CCCCl)NC(=O)c1ccccc1C(C)(C)C. The first-order valence-corrected chi connectivity index (χ1v) is 7.36. The predicted octanol–water partition coefficient (Wildman–Crippen LogP) is 4.12. The Bertz CT molecular complexity index is 423. The van der Waals surface area contributed by atoms with Crippen LogP contribution in [-0.4, -0.2) is 17.8 Å². The Kier molecular flexibility index (Phi) is 5.86. The van der Waals surface area contributed by atoms with Crippen molar-refractivity contribution in [2.45, 2.75) is 52.0 Å². The number of benzene rings is 1. The van der Waals surface area contributed by atoms with E-state index in [9.17, 15) is 4.79 Å². The Morgan fingerprint density at radius 3 is 2.53 bits per heavy atom. The van der Waals surface area contributed by atoms with Crippen LogP contribution in [0.2, 0.25) is 0 Å². The van der Waals surface area contributed by atoms with E-state index in [0.29, 0.717) is 5.88 Å². The van der Waals surface area contributed by atoms with Crippen molar-refractivity contribution in [2.24, 2.45) is 0 Å². The summed E-state index contributed by atoms with van der Waals surface area (Å²) in [6.45, 7) is 8.38. The van der Waals surface area contributed by atoms with Crippen LogP contribution in [0.4, 0.5) is 0 Å². The molecule has 1 aromatic carbocycles. The molecule has 0 aliphatic heterocycles. The lowest BCUT2D eigenvalue weighted by Gasteiger charge is -2.23. The Balaban J connectivity index is 2.83. The van der Waals surface area contributed by atoms with Gasteiger partial charge >= 0.3 is 0 Å². The Morgan fingerprint density at radius 1 is 1.32 bits per heavy atom. The fraction of sp³-hybridized carbons (Fsp3) is 0.562. The van der Waals surface area contributed by atoms with Gasteiger partial charge in [-0.2, -0.15) is 0 Å². The van der Waals surface area contributed by atoms with Crippen molar-refractivity contribution in [3.05, 3.63) is 35.4 Å². The first-order valence-electron chi connectivity index (χ1n) is 6.82. The molecule has 0 fully saturated rings. The molecule has 1 rings (SSSR count). The van der Waals surface area contributed by atoms with Crippen molar-refractivity contribution in [1.29, 1.82) is 0 Å². The second-order valence-electron chi connectivity index (χ2n) is 6.00. The minimum atomic E-state index is -0.0344. The van der Waals surface area contributed by atoms with E-state index in [-0.39, 0.29) is 17.4 Å². The van der Waals surface area contributed by atoms with Crippen LogP contribution in [0.3, 0.4) is 0 Å². The number of rotatable bonds is 5. The van der Waals surface area contributed by atoms with Gasteiger partial charge in [0.1, 0.15) is 0 Å². The summed E-state index contributed by atoms with van der Waals surface area (Å²) in [5.74, 6) is 0.645. The molecule has 0 aromatic heterocycles. The van der Waals surface area contributed by atoms with Gasteiger partial charge in [0.2, 0.25) is 0 Å². The fourth-order valence-corrected chi connectivity index (χ4v) is 2.25. The molecule has 1 atom stereocenters. The number of carbonyl (C=O) groups is 1. The summed E-state index contributed by atoms with van der Waals surface area (Å²) in [5, 5.41) is 3.05. The van der Waals surface area contributed by atoms with Crippen molar-refractivity contribution in [3.63, 3.8) is 0 Å². The normalized spacial score (nSPS) is 13.1. The molecule has 0 spiro atoms. The molecule has 1 aromatic rings. The lowest BCUT2D eigenvalue weighted by atomic mass is 9.83. The van der Waals surface area contributed by atoms with Crippen LogP contribution in [0.25, 0.3) is 0 Å². The van der Waals surface area contributed by atoms with Gasteiger partial charge in [-0.05, 0) is 36.8 Å². The molecular weight excluding hydrogens is 258 g/mol. The van der Waals surface area contributed by atoms with Gasteiger partial charge in [0, 0.05) is 17.5 Å². The van der Waals surface area contributed by atoms with Crippen LogP contribution in [0.15, 0.2) is 24.3 Å². The minimum Gasteiger partial charge on any atom is -0.350 e. The Morgan fingerprint density at radius 2 is 1.95 bits per heavy atom. The molecule has 3 heteroatoms. The van der Waals surface area contributed by atoms with Gasteiger partial charge in [0.15, 0.2) is 0 Å². The van der Waals surface area contributed by atoms with Crippen LogP contribution < -0.4 is 5.32 Å². The van der Waals surface area contributed by atoms with Crippen molar-refractivity contribution in [1.82, 2.24) is 5.32 Å². The molecular formula is C16H24ClNO. The number of hydrogen-bond acceptors (Lipinski definition) is 1. The molecule has 1 N–H and O–H groups in total. The van der Waals surface area contributed by atoms with Gasteiger partial charge in [0.25, 0.3) is 5.91 Å². The van der Waals surface area contributed by atoms with E-state index >= 15 is 0 Å². The molecule has 0 aliphatic rings. The Labute approximate surface area is 121 Å². The topological polar surface area (TPSA) is 29.1 Å². The smallest absolute Gasteiger partial charge is 0.251 e. The third-order valence-electron chi connectivity index (χ3n) is 3.13. The molecule has 1 amide bonds. The van der Waals surface area contributed by atoms with Gasteiger partial charge in [-0.15, -0.1) is 11.6 Å². The number of nitrogens with one attached hydrogen (secondary N) is 1. The fourth-order valence-electron chi connectivity index (χ4n) is 2.09. The molecule has 1 unspecified atom stereocenters. The summed E-state index contributed by atoms with van der Waals surface area (Å²) in [7, 11) is 0. The van der Waals surface area contributed by atoms with Gasteiger partial charge in [-0.1, -0.05) is 39.0 Å². The van der Waals surface area contributed by atoms with E-state index in [1.807, 2.05) is 31.2 Å². The van der Waals surface area contributed by atoms with Gasteiger partial charge in [-0.3, -0.25) is 4.79 Å². The highest BCUT2D eigenvalue weighted by atomic mass is 35.5. The maximum Gasteiger partial charge on any atom is 0.251 e. The van der Waals surface area contributed by atoms with E-state index in [0.717, 1.165) is 24.0 Å². The zero-order valence-corrected chi connectivity index (χ0v) is 13.1. The maximum atomic E-state index is 12.3. The molecule has 0 radical (unpaired) electrons. The zero-order valence-electron chi connectivity index (χ0n) is 12.3. The molecule has 0 bridgehead atoms. The summed E-state index contributed by atoms with van der Waals surface area (Å²) < 4.78 is 0. The lowest BCUT2D eigenvalue weighted by molar-refractivity contribution is 0.0936. The van der Waals surface area contributed by atoms with E-state index < -0.39 is 0 Å². The van der Waals surface area contributed by atoms with E-state index in [2.05, 4.69) is 26.1 Å². The number of amides is 1. The number of halogens is 1. The summed E-state index contributed by atoms with van der Waals surface area (Å²) >= 11 is 5.67. The summed E-state index contributed by atoms with van der Waals surface area (Å²) in [6.07, 6.45) is 1.83. The van der Waals surface area contributed by atoms with Crippen LogP contribution in [0.5, 0.6) is 0 Å². The summed E-state index contributed by atoms with van der Waals surface area (Å²) in [4.78, 5) is 12.3. The Hall–Kier alpha value is -1.02. The molecule has 106 valence electrons. The third kappa shape index (κ3) is 4.87. The predicted molar refractivity (Wildman–Crippen MR) is 82.0 cm³/mol. The van der Waals surface area contributed by atoms with Crippen molar-refractivity contribution >= 4 is 17.5 Å². The largest absolute Gasteiger partial charge is 0.350 e. The van der Waals surface area contributed by atoms with E-state index in [1.165, 1.54) is 0 Å². The third-order valence-corrected chi connectivity index (χ3v) is 3.40. The number of hydrogen-bond donors (Lipinski definition) is 1. The summed E-state index contributed by atoms with van der Waals surface area (Å²) in [6, 6.07) is 7.96. The average Bonchev–Trinajstić information content (AvgIpc) is 2.35. The summed E-state index contributed by atoms with van der Waals surface area (Å²) in [5.41, 5.74) is 1.82. The van der Waals surface area contributed by atoms with Crippen LogP contribution >= 0.6 is 11.6 Å². The quantitative estimate of drug-likeness (QED) is 0.808. The molecule has 0 aliphatic carbocycles. The van der Waals surface area contributed by atoms with Crippen molar-refractivity contribution in [3.8, 4) is 0 Å². The second kappa shape index (κ2) is 6.95. The zero-order chi connectivity index (χ0) is 14.5. The van der Waals surface area contributed by atoms with Gasteiger partial charge in [-0.25, -0.2) is 0 Å². The standard InChI is InChI=1S/C16H24ClNO/c1-12(8-7-11-17)18-15(19)13-9-5-6-10-14(13)16(2,3)4/h5-6,9-10,12H,7-8,11H2,1-4H3,(H,18,19). The molecule has 0 saturated carbocycles. The van der Waals surface area contributed by atoms with Gasteiger partial charge < -0.3 is 5.32 Å². The highest BCUT2D eigenvalue weighted by molar-refractivity contribution is 6.17. The van der Waals surface area contributed by atoms with E-state index in [1.54, 1.807) is 0 Å². The van der Waals surface area contributed by atoms with Crippen LogP contribution in [0.1, 0.15) is 56.5 Å². The average molecular weight is 282 g/mol. The molecule has 0 saturated heterocycles. The van der Waals surface area contributed by atoms with Gasteiger partial charge in [0.05, 0.1) is 0 Å². The molecule has 19 heavy (non-hydrogen) atoms. The molecule has 0 heterocycles. The second-order valence-corrected chi connectivity index (χ2v) is 6.38. The van der Waals surface area contributed by atoms with Crippen LogP contribution in [-0.2, 0) is 5.41 Å². The monoisotopic (exact) mass is 281 g/mol. The minimum absolute atomic E-state index is 0.00703. The molecule has 2 nitrogen and oxygen atoms in total. The van der Waals surface area contributed by atoms with Crippen LogP contribution in [0, 0.1) is 0 Å². The van der Waals surface area contributed by atoms with Crippen molar-refractivity contribution < 1.29 is 4.79 Å². The first-order chi connectivity index (χ1) is 8.86. The first kappa shape index (κ1) is 16.0. The lowest BCUT2D eigenvalue weighted by Crippen LogP contribution is -2.34. The number of carbonyl (C=O) groups excluding carboxylic acids is 1. The van der Waals surface area contributed by atoms with E-state index in [4.69, 9.17) is 11.6 Å². The highest BCUT2D eigenvalue weighted by Gasteiger charge is 2.21. The maximum absolute atomic E-state index is 12.3. The van der Waals surface area contributed by atoms with Crippen molar-refractivity contribution in [2.75, 3.05) is 5.88 Å². The highest BCUT2D eigenvalue weighted by Crippen LogP contribution is 2.25. The number of alkyl halides is 1.